The lowest BCUT2D eigenvalue weighted by Gasteiger charge is -2.14. The van der Waals surface area contributed by atoms with Crippen LogP contribution < -0.4 is 23.7 Å². The molecule has 0 spiro atoms. The average Bonchev–Trinajstić information content (AvgIpc) is 3.24. The van der Waals surface area contributed by atoms with Crippen LogP contribution in [0, 0.1) is 0 Å². The first-order chi connectivity index (χ1) is 16.3. The summed E-state index contributed by atoms with van der Waals surface area (Å²) < 4.78 is 24.0. The van der Waals surface area contributed by atoms with Gasteiger partial charge in [0.05, 0.1) is 51.4 Å². The molecule has 0 radical (unpaired) electrons. The van der Waals surface area contributed by atoms with Crippen LogP contribution in [0.15, 0.2) is 56.4 Å². The Labute approximate surface area is 210 Å². The van der Waals surface area contributed by atoms with Crippen molar-refractivity contribution in [1.82, 2.24) is 4.68 Å². The lowest BCUT2D eigenvalue weighted by atomic mass is 10.1. The van der Waals surface area contributed by atoms with E-state index >= 15 is 0 Å². The molecule has 3 rings (SSSR count). The average molecular weight is 548 g/mol. The van der Waals surface area contributed by atoms with Crippen LogP contribution in [-0.2, 0) is 0 Å². The number of halogens is 1. The SMILES string of the molecule is C=C(C)CN=c1scc(-c2cc(OC)c(OC)c(OC)c2)n1N=Cc1cc(Br)c(O)c(OC)c1. The fraction of sp³-hybridized carbons (Fsp3) is 0.250. The van der Waals surface area contributed by atoms with Crippen LogP contribution in [0.25, 0.3) is 11.3 Å². The normalized spacial score (nSPS) is 11.6. The molecule has 2 aromatic carbocycles. The molecular weight excluding hydrogens is 522 g/mol. The summed E-state index contributed by atoms with van der Waals surface area (Å²) in [6.45, 7) is 6.33. The summed E-state index contributed by atoms with van der Waals surface area (Å²) in [6.07, 6.45) is 1.67. The molecule has 10 heteroatoms. The van der Waals surface area contributed by atoms with Gasteiger partial charge in [-0.3, -0.25) is 4.99 Å². The number of aromatic hydroxyl groups is 1. The van der Waals surface area contributed by atoms with Gasteiger partial charge in [-0.25, -0.2) is 4.68 Å². The molecule has 180 valence electrons. The summed E-state index contributed by atoms with van der Waals surface area (Å²) in [6, 6.07) is 7.16. The van der Waals surface area contributed by atoms with E-state index in [-0.39, 0.29) is 5.75 Å². The van der Waals surface area contributed by atoms with E-state index in [0.717, 1.165) is 22.4 Å². The highest BCUT2D eigenvalue weighted by molar-refractivity contribution is 9.10. The Kier molecular flexibility index (Phi) is 8.41. The molecule has 0 saturated heterocycles. The molecule has 1 heterocycles. The second-order valence-electron chi connectivity index (χ2n) is 7.20. The van der Waals surface area contributed by atoms with Gasteiger partial charge in [-0.15, -0.1) is 11.3 Å². The van der Waals surface area contributed by atoms with Crippen molar-refractivity contribution < 1.29 is 24.1 Å². The van der Waals surface area contributed by atoms with Crippen molar-refractivity contribution in [3.63, 3.8) is 0 Å². The van der Waals surface area contributed by atoms with E-state index in [2.05, 4.69) is 27.5 Å². The standard InChI is InChI=1S/C24H26BrN3O5S/c1-14(2)11-26-24-28(27-12-15-7-17(25)22(29)19(8-15)30-3)18(13-34-24)16-9-20(31-4)23(33-6)21(10-16)32-5/h7-10,12-13,29H,1,11H2,2-6H3. The molecule has 0 aliphatic rings. The number of hydrogen-bond donors (Lipinski definition) is 1. The number of phenolic OH excluding ortho intramolecular Hbond substituents is 1. The Morgan fingerprint density at radius 1 is 1.06 bits per heavy atom. The predicted molar refractivity (Wildman–Crippen MR) is 138 cm³/mol. The number of nitrogens with zero attached hydrogens (tertiary/aromatic N) is 3. The molecule has 0 amide bonds. The highest BCUT2D eigenvalue weighted by atomic mass is 79.9. The molecule has 1 N–H and O–H groups in total. The molecule has 1 aromatic heterocycles. The van der Waals surface area contributed by atoms with Gasteiger partial charge in [-0.2, -0.15) is 5.10 Å². The zero-order chi connectivity index (χ0) is 24.8. The van der Waals surface area contributed by atoms with Gasteiger partial charge in [-0.1, -0.05) is 12.2 Å². The monoisotopic (exact) mass is 547 g/mol. The summed E-state index contributed by atoms with van der Waals surface area (Å²) in [7, 11) is 6.20. The summed E-state index contributed by atoms with van der Waals surface area (Å²) >= 11 is 4.80. The number of hydrogen-bond acceptors (Lipinski definition) is 8. The van der Waals surface area contributed by atoms with Crippen molar-refractivity contribution in [1.29, 1.82) is 0 Å². The predicted octanol–water partition coefficient (Wildman–Crippen LogP) is 5.08. The molecule has 0 saturated carbocycles. The summed E-state index contributed by atoms with van der Waals surface area (Å²) in [5.74, 6) is 1.94. The summed E-state index contributed by atoms with van der Waals surface area (Å²) in [5.41, 5.74) is 3.25. The van der Waals surface area contributed by atoms with Crippen molar-refractivity contribution in [2.45, 2.75) is 6.92 Å². The quantitative estimate of drug-likeness (QED) is 0.298. The maximum atomic E-state index is 10.1. The first-order valence-corrected chi connectivity index (χ1v) is 11.8. The summed E-state index contributed by atoms with van der Waals surface area (Å²) in [4.78, 5) is 5.34. The number of aromatic nitrogens is 1. The van der Waals surface area contributed by atoms with Crippen molar-refractivity contribution in [3.8, 4) is 40.0 Å². The maximum absolute atomic E-state index is 10.1. The van der Waals surface area contributed by atoms with Crippen molar-refractivity contribution in [3.05, 3.63) is 56.6 Å². The van der Waals surface area contributed by atoms with Gasteiger partial charge in [0.1, 0.15) is 0 Å². The van der Waals surface area contributed by atoms with Crippen LogP contribution in [0.3, 0.4) is 0 Å². The third-order valence-corrected chi connectivity index (χ3v) is 6.18. The Hall–Kier alpha value is -3.24. The maximum Gasteiger partial charge on any atom is 0.206 e. The van der Waals surface area contributed by atoms with Gasteiger partial charge in [-0.05, 0) is 52.7 Å². The minimum absolute atomic E-state index is 0.0260. The number of benzene rings is 2. The number of ether oxygens (including phenoxy) is 4. The smallest absolute Gasteiger partial charge is 0.206 e. The number of rotatable bonds is 9. The number of phenols is 1. The van der Waals surface area contributed by atoms with Crippen LogP contribution in [0.2, 0.25) is 0 Å². The van der Waals surface area contributed by atoms with Gasteiger partial charge in [0.25, 0.3) is 0 Å². The Balaban J connectivity index is 2.18. The Morgan fingerprint density at radius 3 is 2.26 bits per heavy atom. The molecule has 0 unspecified atom stereocenters. The molecule has 34 heavy (non-hydrogen) atoms. The second kappa shape index (κ2) is 11.3. The second-order valence-corrected chi connectivity index (χ2v) is 8.89. The zero-order valence-corrected chi connectivity index (χ0v) is 22.0. The number of methoxy groups -OCH3 is 4. The van der Waals surface area contributed by atoms with Crippen molar-refractivity contribution >= 4 is 33.5 Å². The fourth-order valence-corrected chi connectivity index (χ4v) is 4.39. The molecule has 0 bridgehead atoms. The van der Waals surface area contributed by atoms with Gasteiger partial charge in [0.2, 0.25) is 10.6 Å². The largest absolute Gasteiger partial charge is 0.503 e. The van der Waals surface area contributed by atoms with E-state index < -0.39 is 0 Å². The topological polar surface area (TPSA) is 86.8 Å². The van der Waals surface area contributed by atoms with E-state index in [0.29, 0.717) is 38.8 Å². The van der Waals surface area contributed by atoms with Crippen LogP contribution in [-0.4, -0.2) is 51.0 Å². The van der Waals surface area contributed by atoms with E-state index in [1.807, 2.05) is 24.4 Å². The minimum atomic E-state index is 0.0260. The van der Waals surface area contributed by atoms with E-state index in [4.69, 9.17) is 24.0 Å². The Morgan fingerprint density at radius 2 is 1.71 bits per heavy atom. The lowest BCUT2D eigenvalue weighted by Crippen LogP contribution is -2.13. The van der Waals surface area contributed by atoms with Gasteiger partial charge < -0.3 is 24.1 Å². The van der Waals surface area contributed by atoms with E-state index in [9.17, 15) is 5.11 Å². The van der Waals surface area contributed by atoms with Crippen LogP contribution in [0.1, 0.15) is 12.5 Å². The fourth-order valence-electron chi connectivity index (χ4n) is 3.10. The molecule has 8 nitrogen and oxygen atoms in total. The molecule has 0 aliphatic carbocycles. The lowest BCUT2D eigenvalue weighted by molar-refractivity contribution is 0.324. The molecule has 0 fully saturated rings. The van der Waals surface area contributed by atoms with Crippen LogP contribution >= 0.6 is 27.3 Å². The van der Waals surface area contributed by atoms with Gasteiger partial charge in [0, 0.05) is 10.9 Å². The Bertz CT molecular complexity index is 1270. The molecular formula is C24H26BrN3O5S. The first kappa shape index (κ1) is 25.4. The van der Waals surface area contributed by atoms with Crippen molar-refractivity contribution in [2.75, 3.05) is 35.0 Å². The summed E-state index contributed by atoms with van der Waals surface area (Å²) in [5, 5.41) is 16.8. The first-order valence-electron chi connectivity index (χ1n) is 10.1. The third kappa shape index (κ3) is 5.45. The molecule has 0 aliphatic heterocycles. The molecule has 0 atom stereocenters. The van der Waals surface area contributed by atoms with E-state index in [1.165, 1.54) is 18.4 Å². The zero-order valence-electron chi connectivity index (χ0n) is 19.6. The van der Waals surface area contributed by atoms with Crippen LogP contribution in [0.5, 0.6) is 28.7 Å². The third-order valence-electron chi connectivity index (χ3n) is 4.72. The number of thiazole rings is 1. The van der Waals surface area contributed by atoms with Crippen molar-refractivity contribution in [2.24, 2.45) is 10.1 Å². The highest BCUT2D eigenvalue weighted by Crippen LogP contribution is 2.41. The van der Waals surface area contributed by atoms with Gasteiger partial charge in [0.15, 0.2) is 23.0 Å². The van der Waals surface area contributed by atoms with Crippen LogP contribution in [0.4, 0.5) is 0 Å². The van der Waals surface area contributed by atoms with E-state index in [1.54, 1.807) is 44.4 Å². The minimum Gasteiger partial charge on any atom is -0.503 e. The molecule has 3 aromatic rings. The van der Waals surface area contributed by atoms with Gasteiger partial charge >= 0.3 is 0 Å². The highest BCUT2D eigenvalue weighted by Gasteiger charge is 2.17.